The van der Waals surface area contributed by atoms with E-state index in [0.29, 0.717) is 22.0 Å². The second kappa shape index (κ2) is 6.93. The van der Waals surface area contributed by atoms with E-state index in [1.54, 1.807) is 0 Å². The summed E-state index contributed by atoms with van der Waals surface area (Å²) < 4.78 is 0. The monoisotopic (exact) mass is 414 g/mol. The normalized spacial score (nSPS) is 29.4. The van der Waals surface area contributed by atoms with Crippen molar-refractivity contribution in [2.75, 3.05) is 18.4 Å². The molecule has 1 heterocycles. The highest BCUT2D eigenvalue weighted by atomic mass is 35.5. The lowest BCUT2D eigenvalue weighted by Gasteiger charge is -2.55. The van der Waals surface area contributed by atoms with Crippen LogP contribution < -0.4 is 5.32 Å². The number of halogens is 2. The van der Waals surface area contributed by atoms with Crippen molar-refractivity contribution < 1.29 is 0 Å². The van der Waals surface area contributed by atoms with Gasteiger partial charge in [0.15, 0.2) is 0 Å². The third kappa shape index (κ3) is 3.24. The molecule has 1 saturated heterocycles. The van der Waals surface area contributed by atoms with E-state index in [1.165, 1.54) is 49.9 Å². The number of likely N-dealkylation sites (tertiary alicyclic amines) is 1. The third-order valence-corrected chi connectivity index (χ3v) is 8.26. The first-order chi connectivity index (χ1) is 13.4. The second-order valence-corrected chi connectivity index (χ2v) is 10.1. The molecular formula is C24H28Cl2N2. The number of fused-ring (bicyclic) bond motifs is 4. The van der Waals surface area contributed by atoms with Crippen molar-refractivity contribution in [3.63, 3.8) is 0 Å². The van der Waals surface area contributed by atoms with E-state index in [0.717, 1.165) is 17.3 Å². The summed E-state index contributed by atoms with van der Waals surface area (Å²) in [5.74, 6) is 1.66. The first kappa shape index (κ1) is 18.8. The smallest absolute Gasteiger partial charge is 0.0612 e. The molecule has 3 atom stereocenters. The van der Waals surface area contributed by atoms with Gasteiger partial charge in [-0.1, -0.05) is 43.1 Å². The summed E-state index contributed by atoms with van der Waals surface area (Å²) in [6.07, 6.45) is 5.32. The zero-order valence-electron chi connectivity index (χ0n) is 16.6. The molecule has 0 amide bonds. The zero-order chi connectivity index (χ0) is 19.5. The number of anilines is 2. The molecule has 1 saturated carbocycles. The summed E-state index contributed by atoms with van der Waals surface area (Å²) in [5.41, 5.74) is 5.43. The van der Waals surface area contributed by atoms with Gasteiger partial charge in [-0.15, -0.1) is 0 Å². The van der Waals surface area contributed by atoms with Crippen molar-refractivity contribution in [3.05, 3.63) is 57.6 Å². The number of hydrogen-bond donors (Lipinski definition) is 1. The van der Waals surface area contributed by atoms with E-state index in [9.17, 15) is 0 Å². The van der Waals surface area contributed by atoms with Crippen LogP contribution in [0.15, 0.2) is 36.4 Å². The molecule has 2 fully saturated rings. The molecule has 3 aliphatic rings. The van der Waals surface area contributed by atoms with Crippen LogP contribution in [0.25, 0.3) is 0 Å². The summed E-state index contributed by atoms with van der Waals surface area (Å²) in [5, 5.41) is 4.68. The van der Waals surface area contributed by atoms with Crippen LogP contribution in [0.5, 0.6) is 0 Å². The van der Waals surface area contributed by atoms with E-state index < -0.39 is 0 Å². The summed E-state index contributed by atoms with van der Waals surface area (Å²) in [4.78, 5) is 2.80. The van der Waals surface area contributed by atoms with Gasteiger partial charge >= 0.3 is 0 Å². The van der Waals surface area contributed by atoms with Gasteiger partial charge < -0.3 is 5.32 Å². The van der Waals surface area contributed by atoms with Crippen LogP contribution in [0.1, 0.15) is 44.2 Å². The van der Waals surface area contributed by atoms with Gasteiger partial charge in [0.1, 0.15) is 0 Å². The maximum absolute atomic E-state index is 6.18. The molecule has 2 bridgehead atoms. The average Bonchev–Trinajstić information content (AvgIpc) is 3.48. The number of hydrogen-bond acceptors (Lipinski definition) is 2. The minimum atomic E-state index is 0.258. The molecule has 5 rings (SSSR count). The fourth-order valence-electron chi connectivity index (χ4n) is 5.38. The molecule has 4 heteroatoms. The van der Waals surface area contributed by atoms with Crippen LogP contribution in [0.3, 0.4) is 0 Å². The van der Waals surface area contributed by atoms with Gasteiger partial charge in [0.2, 0.25) is 0 Å². The van der Waals surface area contributed by atoms with Crippen LogP contribution in [-0.4, -0.2) is 24.0 Å². The Morgan fingerprint density at radius 3 is 2.57 bits per heavy atom. The van der Waals surface area contributed by atoms with Crippen LogP contribution >= 0.6 is 23.2 Å². The first-order valence-electron chi connectivity index (χ1n) is 10.5. The van der Waals surface area contributed by atoms with Crippen molar-refractivity contribution in [1.29, 1.82) is 0 Å². The van der Waals surface area contributed by atoms with Crippen LogP contribution in [0, 0.1) is 11.8 Å². The average molecular weight is 415 g/mol. The quantitative estimate of drug-likeness (QED) is 0.600. The number of nitrogens with one attached hydrogen (secondary N) is 1. The summed E-state index contributed by atoms with van der Waals surface area (Å²) in [6, 6.07) is 13.3. The fourth-order valence-corrected chi connectivity index (χ4v) is 5.68. The van der Waals surface area contributed by atoms with Crippen molar-refractivity contribution in [2.24, 2.45) is 11.8 Å². The van der Waals surface area contributed by atoms with E-state index in [1.807, 2.05) is 18.2 Å². The lowest BCUT2D eigenvalue weighted by molar-refractivity contribution is 0.0284. The van der Waals surface area contributed by atoms with Crippen molar-refractivity contribution in [1.82, 2.24) is 4.90 Å². The van der Waals surface area contributed by atoms with Crippen LogP contribution in [0.2, 0.25) is 10.0 Å². The Bertz CT molecular complexity index is 907. The van der Waals surface area contributed by atoms with E-state index >= 15 is 0 Å². The molecule has 1 N–H and O–H groups in total. The SMILES string of the molecule is C[C@H]1C2Cc3ccc(Nc4ccc(Cl)c(Cl)c4)cc3[C@@]1(C)CCN2CC1CC1. The lowest BCUT2D eigenvalue weighted by Crippen LogP contribution is -2.58. The lowest BCUT2D eigenvalue weighted by atomic mass is 9.59. The minimum Gasteiger partial charge on any atom is -0.355 e. The Hall–Kier alpha value is -1.22. The Balaban J connectivity index is 1.44. The van der Waals surface area contributed by atoms with Gasteiger partial charge in [0.05, 0.1) is 10.0 Å². The maximum atomic E-state index is 6.18. The molecule has 0 aromatic heterocycles. The van der Waals surface area contributed by atoms with Gasteiger partial charge in [-0.3, -0.25) is 4.90 Å². The van der Waals surface area contributed by atoms with E-state index in [-0.39, 0.29) is 5.41 Å². The minimum absolute atomic E-state index is 0.258. The van der Waals surface area contributed by atoms with Gasteiger partial charge in [-0.2, -0.15) is 0 Å². The van der Waals surface area contributed by atoms with Gasteiger partial charge in [0, 0.05) is 24.0 Å². The van der Waals surface area contributed by atoms with E-state index in [2.05, 4.69) is 42.3 Å². The highest BCUT2D eigenvalue weighted by Gasteiger charge is 2.49. The molecule has 2 aliphatic carbocycles. The van der Waals surface area contributed by atoms with Crippen molar-refractivity contribution >= 4 is 34.6 Å². The summed E-state index contributed by atoms with van der Waals surface area (Å²) in [6.45, 7) is 7.52. The van der Waals surface area contributed by atoms with Gasteiger partial charge in [-0.25, -0.2) is 0 Å². The molecule has 1 unspecified atom stereocenters. The standard InChI is InChI=1S/C24H28Cl2N2/c1-15-23-11-17-5-6-18(27-19-7-8-21(25)22(26)13-19)12-20(17)24(15,2)9-10-28(23)14-16-3-4-16/h5-8,12-13,15-16,23,27H,3-4,9-11,14H2,1-2H3/t15-,23?,24-/m0/s1. The highest BCUT2D eigenvalue weighted by molar-refractivity contribution is 6.42. The predicted octanol–water partition coefficient (Wildman–Crippen LogP) is 6.67. The summed E-state index contributed by atoms with van der Waals surface area (Å²) in [7, 11) is 0. The topological polar surface area (TPSA) is 15.3 Å². The number of benzene rings is 2. The molecule has 2 aromatic carbocycles. The Labute approximate surface area is 178 Å². The van der Waals surface area contributed by atoms with Crippen LogP contribution in [-0.2, 0) is 11.8 Å². The molecular weight excluding hydrogens is 387 g/mol. The highest BCUT2D eigenvalue weighted by Crippen LogP contribution is 2.50. The number of piperidine rings is 1. The Kier molecular flexibility index (Phi) is 4.65. The molecule has 2 nitrogen and oxygen atoms in total. The fraction of sp³-hybridized carbons (Fsp3) is 0.500. The Morgan fingerprint density at radius 2 is 1.82 bits per heavy atom. The first-order valence-corrected chi connectivity index (χ1v) is 11.3. The molecule has 0 radical (unpaired) electrons. The van der Waals surface area contributed by atoms with Crippen molar-refractivity contribution in [3.8, 4) is 0 Å². The number of nitrogens with zero attached hydrogens (tertiary/aromatic N) is 1. The Morgan fingerprint density at radius 1 is 1.07 bits per heavy atom. The van der Waals surface area contributed by atoms with Crippen molar-refractivity contribution in [2.45, 2.75) is 51.0 Å². The van der Waals surface area contributed by atoms with Gasteiger partial charge in [0.25, 0.3) is 0 Å². The molecule has 148 valence electrons. The van der Waals surface area contributed by atoms with Crippen LogP contribution in [0.4, 0.5) is 11.4 Å². The maximum Gasteiger partial charge on any atom is 0.0612 e. The summed E-state index contributed by atoms with van der Waals surface area (Å²) >= 11 is 12.2. The molecule has 2 aromatic rings. The molecule has 0 spiro atoms. The molecule has 28 heavy (non-hydrogen) atoms. The molecule has 1 aliphatic heterocycles. The van der Waals surface area contributed by atoms with E-state index in [4.69, 9.17) is 23.2 Å². The number of rotatable bonds is 4. The third-order valence-electron chi connectivity index (χ3n) is 7.52. The second-order valence-electron chi connectivity index (χ2n) is 9.29. The largest absolute Gasteiger partial charge is 0.355 e. The zero-order valence-corrected chi connectivity index (χ0v) is 18.2. The predicted molar refractivity (Wildman–Crippen MR) is 119 cm³/mol. The van der Waals surface area contributed by atoms with Gasteiger partial charge in [-0.05, 0) is 90.9 Å².